The SMILES string of the molecule is COC/C=C1\CN2[C@H]3C[C@H]1[C@@H]1COC4=Nc5cc6c(c(OC)c5[C@@]43C[C@@H]12)OCO6. The molecule has 0 N–H and O–H groups in total. The Bertz CT molecular complexity index is 988. The molecule has 7 heterocycles. The molecule has 7 aliphatic rings. The van der Waals surface area contributed by atoms with Crippen LogP contribution < -0.4 is 14.2 Å². The lowest BCUT2D eigenvalue weighted by Gasteiger charge is -2.54. The van der Waals surface area contributed by atoms with Crippen molar-refractivity contribution in [2.45, 2.75) is 30.3 Å². The van der Waals surface area contributed by atoms with Crippen LogP contribution in [0.15, 0.2) is 22.7 Å². The molecule has 0 amide bonds. The summed E-state index contributed by atoms with van der Waals surface area (Å²) in [4.78, 5) is 7.69. The first-order chi connectivity index (χ1) is 14.3. The average molecular weight is 396 g/mol. The molecule has 29 heavy (non-hydrogen) atoms. The van der Waals surface area contributed by atoms with E-state index in [2.05, 4.69) is 11.0 Å². The van der Waals surface area contributed by atoms with Gasteiger partial charge < -0.3 is 23.7 Å². The molecule has 0 saturated carbocycles. The van der Waals surface area contributed by atoms with Crippen molar-refractivity contribution in [3.8, 4) is 17.2 Å². The Morgan fingerprint density at radius 1 is 1.31 bits per heavy atom. The van der Waals surface area contributed by atoms with Gasteiger partial charge in [0.05, 0.1) is 31.4 Å². The summed E-state index contributed by atoms with van der Waals surface area (Å²) >= 11 is 0. The highest BCUT2D eigenvalue weighted by atomic mass is 16.7. The molecule has 6 atom stereocenters. The van der Waals surface area contributed by atoms with E-state index < -0.39 is 0 Å². The van der Waals surface area contributed by atoms with Crippen LogP contribution in [0.25, 0.3) is 0 Å². The second kappa shape index (κ2) is 5.46. The largest absolute Gasteiger partial charge is 0.492 e. The molecule has 0 radical (unpaired) electrons. The van der Waals surface area contributed by atoms with Gasteiger partial charge in [0.25, 0.3) is 0 Å². The van der Waals surface area contributed by atoms with Gasteiger partial charge in [-0.25, -0.2) is 4.99 Å². The first-order valence-electron chi connectivity index (χ1n) is 10.4. The molecule has 1 aromatic rings. The lowest BCUT2D eigenvalue weighted by molar-refractivity contribution is -0.0156. The Balaban J connectivity index is 1.41. The Hall–Kier alpha value is -2.25. The lowest BCUT2D eigenvalue weighted by Crippen LogP contribution is -2.61. The van der Waals surface area contributed by atoms with Gasteiger partial charge in [-0.2, -0.15) is 0 Å². The van der Waals surface area contributed by atoms with Crippen LogP contribution in [-0.4, -0.2) is 63.7 Å². The maximum absolute atomic E-state index is 6.43. The smallest absolute Gasteiger partial charge is 0.231 e. The summed E-state index contributed by atoms with van der Waals surface area (Å²) in [6.07, 6.45) is 4.46. The van der Waals surface area contributed by atoms with Crippen LogP contribution in [0.1, 0.15) is 18.4 Å². The Morgan fingerprint density at radius 3 is 3.10 bits per heavy atom. The fraction of sp³-hybridized carbons (Fsp3) is 0.591. The van der Waals surface area contributed by atoms with E-state index >= 15 is 0 Å². The van der Waals surface area contributed by atoms with Crippen molar-refractivity contribution in [1.82, 2.24) is 4.90 Å². The molecule has 5 saturated heterocycles. The minimum atomic E-state index is -0.247. The van der Waals surface area contributed by atoms with Crippen molar-refractivity contribution in [2.24, 2.45) is 16.8 Å². The quantitative estimate of drug-likeness (QED) is 0.732. The zero-order valence-corrected chi connectivity index (χ0v) is 16.6. The van der Waals surface area contributed by atoms with Gasteiger partial charge in [0.1, 0.15) is 0 Å². The van der Waals surface area contributed by atoms with Crippen LogP contribution in [-0.2, 0) is 14.9 Å². The number of methoxy groups -OCH3 is 2. The van der Waals surface area contributed by atoms with E-state index in [0.717, 1.165) is 48.9 Å². The summed E-state index contributed by atoms with van der Waals surface area (Å²) in [6, 6.07) is 2.90. The summed E-state index contributed by atoms with van der Waals surface area (Å²) < 4.78 is 29.1. The number of piperidine rings is 3. The molecule has 5 bridgehead atoms. The third-order valence-corrected chi connectivity index (χ3v) is 8.03. The summed E-state index contributed by atoms with van der Waals surface area (Å²) in [5.74, 6) is 4.14. The van der Waals surface area contributed by atoms with E-state index in [0.29, 0.717) is 42.0 Å². The van der Waals surface area contributed by atoms with Gasteiger partial charge in [0.15, 0.2) is 11.5 Å². The molecular weight excluding hydrogens is 372 g/mol. The summed E-state index contributed by atoms with van der Waals surface area (Å²) in [7, 11) is 3.47. The topological polar surface area (TPSA) is 61.8 Å². The van der Waals surface area contributed by atoms with Gasteiger partial charge in [-0.15, -0.1) is 0 Å². The number of benzene rings is 1. The van der Waals surface area contributed by atoms with Crippen molar-refractivity contribution >= 4 is 11.6 Å². The van der Waals surface area contributed by atoms with Gasteiger partial charge in [0.2, 0.25) is 18.4 Å². The number of ether oxygens (including phenoxy) is 5. The fourth-order valence-electron chi connectivity index (χ4n) is 6.99. The minimum absolute atomic E-state index is 0.227. The first-order valence-corrected chi connectivity index (χ1v) is 10.4. The number of rotatable bonds is 3. The summed E-state index contributed by atoms with van der Waals surface area (Å²) in [6.45, 7) is 2.66. The number of fused-ring (bicyclic) bond motifs is 3. The molecule has 1 aromatic carbocycles. The Kier molecular flexibility index (Phi) is 3.11. The average Bonchev–Trinajstić information content (AvgIpc) is 3.34. The number of hydrogen-bond donors (Lipinski definition) is 0. The molecular formula is C22H24N2O5. The van der Waals surface area contributed by atoms with Crippen LogP contribution in [0.4, 0.5) is 5.69 Å². The van der Waals surface area contributed by atoms with Gasteiger partial charge in [-0.05, 0) is 18.8 Å². The van der Waals surface area contributed by atoms with Crippen LogP contribution in [0.3, 0.4) is 0 Å². The fourth-order valence-corrected chi connectivity index (χ4v) is 6.99. The third kappa shape index (κ3) is 1.80. The maximum atomic E-state index is 6.43. The number of hydrogen-bond acceptors (Lipinski definition) is 7. The van der Waals surface area contributed by atoms with E-state index in [-0.39, 0.29) is 12.2 Å². The molecule has 0 aromatic heterocycles. The van der Waals surface area contributed by atoms with Gasteiger partial charge >= 0.3 is 0 Å². The Morgan fingerprint density at radius 2 is 2.24 bits per heavy atom. The highest BCUT2D eigenvalue weighted by Crippen LogP contribution is 2.66. The molecule has 1 spiro atoms. The van der Waals surface area contributed by atoms with Crippen molar-refractivity contribution in [3.05, 3.63) is 23.3 Å². The second-order valence-corrected chi connectivity index (χ2v) is 8.94. The van der Waals surface area contributed by atoms with E-state index in [4.69, 9.17) is 28.7 Å². The van der Waals surface area contributed by atoms with Crippen molar-refractivity contribution in [1.29, 1.82) is 0 Å². The highest BCUT2D eigenvalue weighted by molar-refractivity contribution is 6.00. The molecule has 152 valence electrons. The van der Waals surface area contributed by atoms with E-state index in [9.17, 15) is 0 Å². The van der Waals surface area contributed by atoms with Crippen LogP contribution in [0.2, 0.25) is 0 Å². The van der Waals surface area contributed by atoms with Gasteiger partial charge in [-0.3, -0.25) is 4.90 Å². The monoisotopic (exact) mass is 396 g/mol. The molecule has 7 nitrogen and oxygen atoms in total. The molecule has 7 heteroatoms. The van der Waals surface area contributed by atoms with E-state index in [1.54, 1.807) is 14.2 Å². The molecule has 0 aliphatic carbocycles. The van der Waals surface area contributed by atoms with Gasteiger partial charge in [-0.1, -0.05) is 11.6 Å². The zero-order valence-electron chi connectivity index (χ0n) is 16.6. The van der Waals surface area contributed by atoms with Crippen LogP contribution in [0.5, 0.6) is 17.2 Å². The summed E-state index contributed by atoms with van der Waals surface area (Å²) in [5, 5.41) is 0. The third-order valence-electron chi connectivity index (χ3n) is 8.03. The molecule has 8 rings (SSSR count). The molecule has 1 unspecified atom stereocenters. The molecule has 7 aliphatic heterocycles. The van der Waals surface area contributed by atoms with Crippen molar-refractivity contribution in [3.63, 3.8) is 0 Å². The first kappa shape index (κ1) is 16.5. The lowest BCUT2D eigenvalue weighted by atomic mass is 9.68. The van der Waals surface area contributed by atoms with E-state index in [1.807, 2.05) is 6.07 Å². The van der Waals surface area contributed by atoms with Crippen LogP contribution in [0, 0.1) is 11.8 Å². The standard InChI is InChI=1S/C22H24N2O5/c1-25-4-3-11-8-24-15-7-22-17(24)5-12(11)13(15)9-27-21(22)23-14-6-16-19(29-10-28-16)20(26-2)18(14)22/h3,6,12-13,15,17H,4-5,7-10H2,1-2H3/b11-3+/t12-,13+,15+,17+,22+/m1/s1. The van der Waals surface area contributed by atoms with Crippen LogP contribution >= 0.6 is 0 Å². The zero-order chi connectivity index (χ0) is 19.3. The van der Waals surface area contributed by atoms with Crippen molar-refractivity contribution < 1.29 is 23.7 Å². The number of nitrogens with zero attached hydrogens (tertiary/aromatic N) is 2. The molecule has 5 fully saturated rings. The second-order valence-electron chi connectivity index (χ2n) is 8.94. The highest BCUT2D eigenvalue weighted by Gasteiger charge is 2.69. The minimum Gasteiger partial charge on any atom is -0.492 e. The summed E-state index contributed by atoms with van der Waals surface area (Å²) in [5.41, 5.74) is 3.32. The maximum Gasteiger partial charge on any atom is 0.231 e. The normalized spacial score (nSPS) is 40.6. The predicted molar refractivity (Wildman–Crippen MR) is 104 cm³/mol. The van der Waals surface area contributed by atoms with Crippen molar-refractivity contribution in [2.75, 3.05) is 40.8 Å². The Labute approximate surface area is 169 Å². The predicted octanol–water partition coefficient (Wildman–Crippen LogP) is 2.40. The van der Waals surface area contributed by atoms with E-state index in [1.165, 1.54) is 5.57 Å². The number of aliphatic imine (C=N–C) groups is 1. The van der Waals surface area contributed by atoms with Gasteiger partial charge in [0, 0.05) is 43.3 Å².